The van der Waals surface area contributed by atoms with Crippen molar-refractivity contribution >= 4 is 15.5 Å². The summed E-state index contributed by atoms with van der Waals surface area (Å²) < 4.78 is 24.0. The van der Waals surface area contributed by atoms with Gasteiger partial charge in [0.2, 0.25) is 0 Å². The summed E-state index contributed by atoms with van der Waals surface area (Å²) in [5.41, 5.74) is -0.368. The van der Waals surface area contributed by atoms with Gasteiger partial charge in [0.1, 0.15) is 4.90 Å². The number of rotatable bonds is 7. The van der Waals surface area contributed by atoms with Crippen LogP contribution in [0.1, 0.15) is 13.3 Å². The zero-order valence-electron chi connectivity index (χ0n) is 10.1. The normalized spacial score (nSPS) is 11.4. The number of benzene rings is 1. The van der Waals surface area contributed by atoms with Crippen molar-refractivity contribution in [3.8, 4) is 0 Å². The molecular weight excluding hydrogens is 256 g/mol. The van der Waals surface area contributed by atoms with E-state index < -0.39 is 14.8 Å². The van der Waals surface area contributed by atoms with E-state index in [-0.39, 0.29) is 16.3 Å². The smallest absolute Gasteiger partial charge is 0.287 e. The second kappa shape index (κ2) is 6.46. The molecule has 0 unspecified atom stereocenters. The number of hydrogen-bond acceptors (Lipinski definition) is 5. The topological polar surface area (TPSA) is 89.3 Å². The van der Waals surface area contributed by atoms with Gasteiger partial charge in [-0.05, 0) is 19.0 Å². The van der Waals surface area contributed by atoms with Gasteiger partial charge >= 0.3 is 0 Å². The molecule has 1 N–H and O–H groups in total. The first kappa shape index (κ1) is 14.6. The molecule has 18 heavy (non-hydrogen) atoms. The van der Waals surface area contributed by atoms with E-state index >= 15 is 0 Å². The molecule has 0 heterocycles. The first-order chi connectivity index (χ1) is 8.49. The average Bonchev–Trinajstić information content (AvgIpc) is 2.35. The second-order valence-electron chi connectivity index (χ2n) is 3.79. The molecule has 0 spiro atoms. The Morgan fingerprint density at radius 1 is 1.28 bits per heavy atom. The molecule has 7 heteroatoms. The van der Waals surface area contributed by atoms with E-state index in [4.69, 9.17) is 0 Å². The number of nitro groups is 1. The van der Waals surface area contributed by atoms with Crippen LogP contribution in [0.2, 0.25) is 0 Å². The van der Waals surface area contributed by atoms with Crippen molar-refractivity contribution in [1.29, 1.82) is 0 Å². The summed E-state index contributed by atoms with van der Waals surface area (Å²) in [4.78, 5) is 9.88. The van der Waals surface area contributed by atoms with Crippen molar-refractivity contribution in [2.45, 2.75) is 18.2 Å². The highest BCUT2D eigenvalue weighted by Crippen LogP contribution is 2.23. The number of nitrogens with zero attached hydrogens (tertiary/aromatic N) is 1. The van der Waals surface area contributed by atoms with E-state index in [0.717, 1.165) is 13.0 Å². The number of para-hydroxylation sites is 1. The predicted molar refractivity (Wildman–Crippen MR) is 68.3 cm³/mol. The maximum atomic E-state index is 12.0. The highest BCUT2D eigenvalue weighted by Gasteiger charge is 2.24. The molecule has 1 aromatic rings. The number of sulfone groups is 1. The molecule has 0 aromatic heterocycles. The minimum Gasteiger partial charge on any atom is -0.316 e. The van der Waals surface area contributed by atoms with Crippen LogP contribution in [-0.4, -0.2) is 32.2 Å². The van der Waals surface area contributed by atoms with Gasteiger partial charge < -0.3 is 5.32 Å². The Morgan fingerprint density at radius 2 is 1.94 bits per heavy atom. The van der Waals surface area contributed by atoms with Gasteiger partial charge in [0.15, 0.2) is 9.84 Å². The number of nitro benzene ring substituents is 1. The van der Waals surface area contributed by atoms with Gasteiger partial charge in [0.05, 0.1) is 10.7 Å². The summed E-state index contributed by atoms with van der Waals surface area (Å²) in [7, 11) is -3.62. The van der Waals surface area contributed by atoms with Crippen molar-refractivity contribution in [2.75, 3.05) is 18.8 Å². The zero-order valence-corrected chi connectivity index (χ0v) is 10.9. The first-order valence-corrected chi connectivity index (χ1v) is 7.31. The van der Waals surface area contributed by atoms with E-state index in [2.05, 4.69) is 5.32 Å². The first-order valence-electron chi connectivity index (χ1n) is 5.66. The molecule has 0 bridgehead atoms. The molecule has 0 fully saturated rings. The largest absolute Gasteiger partial charge is 0.316 e. The molecular formula is C11H16N2O4S. The maximum Gasteiger partial charge on any atom is 0.287 e. The van der Waals surface area contributed by atoms with Gasteiger partial charge in [-0.2, -0.15) is 0 Å². The maximum absolute atomic E-state index is 12.0. The summed E-state index contributed by atoms with van der Waals surface area (Å²) in [6, 6.07) is 5.41. The van der Waals surface area contributed by atoms with Crippen molar-refractivity contribution in [2.24, 2.45) is 0 Å². The van der Waals surface area contributed by atoms with Gasteiger partial charge in [-0.3, -0.25) is 10.1 Å². The van der Waals surface area contributed by atoms with Crippen LogP contribution in [0.4, 0.5) is 5.69 Å². The van der Waals surface area contributed by atoms with Crippen LogP contribution in [-0.2, 0) is 9.84 Å². The third kappa shape index (κ3) is 3.78. The summed E-state index contributed by atoms with van der Waals surface area (Å²) in [6.45, 7) is 3.00. The Labute approximate surface area is 106 Å². The van der Waals surface area contributed by atoms with Gasteiger partial charge in [0.25, 0.3) is 5.69 Å². The van der Waals surface area contributed by atoms with Gasteiger partial charge in [-0.1, -0.05) is 19.1 Å². The van der Waals surface area contributed by atoms with Crippen LogP contribution in [0.3, 0.4) is 0 Å². The minimum absolute atomic E-state index is 0.141. The minimum atomic E-state index is -3.62. The quantitative estimate of drug-likeness (QED) is 0.460. The molecule has 0 saturated carbocycles. The van der Waals surface area contributed by atoms with E-state index in [1.54, 1.807) is 0 Å². The number of nitrogens with one attached hydrogen (secondary N) is 1. The van der Waals surface area contributed by atoms with E-state index in [0.29, 0.717) is 6.54 Å². The third-order valence-corrected chi connectivity index (χ3v) is 4.13. The van der Waals surface area contributed by atoms with Crippen molar-refractivity contribution in [3.63, 3.8) is 0 Å². The Bertz CT molecular complexity index is 514. The van der Waals surface area contributed by atoms with Crippen LogP contribution in [0, 0.1) is 10.1 Å². The van der Waals surface area contributed by atoms with Crippen LogP contribution < -0.4 is 5.32 Å². The van der Waals surface area contributed by atoms with Gasteiger partial charge in [-0.15, -0.1) is 0 Å². The molecule has 1 aromatic carbocycles. The molecule has 0 saturated heterocycles. The molecule has 0 aliphatic heterocycles. The molecule has 1 rings (SSSR count). The fourth-order valence-electron chi connectivity index (χ4n) is 1.49. The summed E-state index contributed by atoms with van der Waals surface area (Å²) >= 11 is 0. The lowest BCUT2D eigenvalue weighted by Crippen LogP contribution is -2.24. The predicted octanol–water partition coefficient (Wildman–Crippen LogP) is 1.37. The van der Waals surface area contributed by atoms with Gasteiger partial charge in [-0.25, -0.2) is 8.42 Å². The Morgan fingerprint density at radius 3 is 2.56 bits per heavy atom. The number of hydrogen-bond donors (Lipinski definition) is 1. The van der Waals surface area contributed by atoms with Crippen molar-refractivity contribution in [3.05, 3.63) is 34.4 Å². The fourth-order valence-corrected chi connectivity index (χ4v) is 2.87. The molecule has 0 atom stereocenters. The SMILES string of the molecule is CCCNCCS(=O)(=O)c1ccccc1[N+](=O)[O-]. The van der Waals surface area contributed by atoms with Crippen molar-refractivity contribution < 1.29 is 13.3 Å². The van der Waals surface area contributed by atoms with Crippen LogP contribution in [0.15, 0.2) is 29.2 Å². The van der Waals surface area contributed by atoms with Crippen LogP contribution >= 0.6 is 0 Å². The van der Waals surface area contributed by atoms with Crippen LogP contribution in [0.5, 0.6) is 0 Å². The summed E-state index contributed by atoms with van der Waals surface area (Å²) in [5, 5.41) is 13.7. The monoisotopic (exact) mass is 272 g/mol. The summed E-state index contributed by atoms with van der Waals surface area (Å²) in [5.74, 6) is -0.141. The lowest BCUT2D eigenvalue weighted by molar-refractivity contribution is -0.387. The summed E-state index contributed by atoms with van der Waals surface area (Å²) in [6.07, 6.45) is 0.908. The average molecular weight is 272 g/mol. The zero-order chi connectivity index (χ0) is 13.6. The van der Waals surface area contributed by atoms with Gasteiger partial charge in [0, 0.05) is 12.6 Å². The molecule has 0 aliphatic carbocycles. The standard InChI is InChI=1S/C11H16N2O4S/c1-2-7-12-8-9-18(16,17)11-6-4-3-5-10(11)13(14)15/h3-6,12H,2,7-9H2,1H3. The Hall–Kier alpha value is -1.47. The lowest BCUT2D eigenvalue weighted by atomic mass is 10.3. The highest BCUT2D eigenvalue weighted by molar-refractivity contribution is 7.91. The van der Waals surface area contributed by atoms with E-state index in [1.165, 1.54) is 24.3 Å². The highest BCUT2D eigenvalue weighted by atomic mass is 32.2. The third-order valence-electron chi connectivity index (χ3n) is 2.37. The second-order valence-corrected chi connectivity index (χ2v) is 5.87. The fraction of sp³-hybridized carbons (Fsp3) is 0.455. The van der Waals surface area contributed by atoms with Crippen molar-refractivity contribution in [1.82, 2.24) is 5.32 Å². The molecule has 6 nitrogen and oxygen atoms in total. The Balaban J connectivity index is 2.88. The lowest BCUT2D eigenvalue weighted by Gasteiger charge is -2.06. The van der Waals surface area contributed by atoms with E-state index in [9.17, 15) is 18.5 Å². The van der Waals surface area contributed by atoms with Crippen LogP contribution in [0.25, 0.3) is 0 Å². The molecule has 0 radical (unpaired) electrons. The molecule has 100 valence electrons. The van der Waals surface area contributed by atoms with E-state index in [1.807, 2.05) is 6.92 Å². The molecule has 0 aliphatic rings. The Kier molecular flexibility index (Phi) is 5.24. The molecule has 0 amide bonds.